The minimum Gasteiger partial charge on any atom is -0.367 e. The van der Waals surface area contributed by atoms with Gasteiger partial charge in [0.05, 0.1) is 11.6 Å². The number of nitrogens with zero attached hydrogens (tertiary/aromatic N) is 2. The van der Waals surface area contributed by atoms with E-state index in [0.29, 0.717) is 49.7 Å². The van der Waals surface area contributed by atoms with Gasteiger partial charge in [-0.05, 0) is 52.0 Å². The Bertz CT molecular complexity index is 1060. The molecular weight excluding hydrogens is 437 g/mol. The van der Waals surface area contributed by atoms with Crippen molar-refractivity contribution in [2.24, 2.45) is 5.92 Å². The molecule has 2 aromatic rings. The van der Waals surface area contributed by atoms with Crippen molar-refractivity contribution < 1.29 is 22.2 Å². The number of hydrogen-bond donors (Lipinski definition) is 0. The standard InChI is InChI=1S/C24H27F3N2O2S/c1-32(31)14-10-19(11-15-32)23(30)29-13-12-28(17-22(29)18-6-3-2-4-7-18)21-9-5-8-20(16-21)24(25,26)27/h2-9,16,19,22H,1,10-15,17H2. The molecule has 1 amide bonds. The molecular formula is C24H27F3N2O2S. The number of carbonyl (C=O) groups excluding carboxylic acids is 1. The molecule has 0 radical (unpaired) electrons. The van der Waals surface area contributed by atoms with Crippen molar-refractivity contribution in [1.82, 2.24) is 4.90 Å². The molecule has 0 spiro atoms. The lowest BCUT2D eigenvalue weighted by Gasteiger charge is -2.44. The van der Waals surface area contributed by atoms with Crippen molar-refractivity contribution in [3.63, 3.8) is 0 Å². The first-order chi connectivity index (χ1) is 15.1. The van der Waals surface area contributed by atoms with Crippen molar-refractivity contribution in [3.05, 3.63) is 65.7 Å². The molecule has 4 rings (SSSR count). The molecule has 2 aromatic carbocycles. The van der Waals surface area contributed by atoms with Crippen molar-refractivity contribution in [3.8, 4) is 0 Å². The molecule has 0 aromatic heterocycles. The highest BCUT2D eigenvalue weighted by molar-refractivity contribution is 8.00. The average Bonchev–Trinajstić information content (AvgIpc) is 2.78. The number of halogens is 3. The van der Waals surface area contributed by atoms with Crippen LogP contribution in [0.15, 0.2) is 54.6 Å². The van der Waals surface area contributed by atoms with Crippen LogP contribution in [-0.4, -0.2) is 52.0 Å². The number of rotatable bonds is 3. The summed E-state index contributed by atoms with van der Waals surface area (Å²) in [5.74, 6) is 4.56. The number of benzene rings is 2. The van der Waals surface area contributed by atoms with Crippen LogP contribution in [0.25, 0.3) is 0 Å². The Hall–Kier alpha value is -2.48. The predicted molar refractivity (Wildman–Crippen MR) is 122 cm³/mol. The van der Waals surface area contributed by atoms with E-state index in [1.165, 1.54) is 12.1 Å². The third-order valence-corrected chi connectivity index (χ3v) is 8.37. The molecule has 2 saturated heterocycles. The van der Waals surface area contributed by atoms with Gasteiger partial charge in [-0.25, -0.2) is 0 Å². The summed E-state index contributed by atoms with van der Waals surface area (Å²) in [6.45, 7) is 1.29. The van der Waals surface area contributed by atoms with Crippen LogP contribution in [0.5, 0.6) is 0 Å². The fraction of sp³-hybridized carbons (Fsp3) is 0.417. The Morgan fingerprint density at radius 3 is 2.34 bits per heavy atom. The Balaban J connectivity index is 1.58. The van der Waals surface area contributed by atoms with Crippen LogP contribution >= 0.6 is 0 Å². The van der Waals surface area contributed by atoms with Crippen LogP contribution in [0, 0.1) is 5.92 Å². The van der Waals surface area contributed by atoms with E-state index in [9.17, 15) is 22.2 Å². The smallest absolute Gasteiger partial charge is 0.367 e. The van der Waals surface area contributed by atoms with Gasteiger partial charge in [0, 0.05) is 42.7 Å². The van der Waals surface area contributed by atoms with E-state index in [4.69, 9.17) is 0 Å². The summed E-state index contributed by atoms with van der Waals surface area (Å²) >= 11 is 0. The Kier molecular flexibility index (Phi) is 6.25. The number of piperazine rings is 1. The van der Waals surface area contributed by atoms with E-state index < -0.39 is 21.3 Å². The van der Waals surface area contributed by atoms with Gasteiger partial charge in [-0.3, -0.25) is 9.00 Å². The van der Waals surface area contributed by atoms with Gasteiger partial charge in [-0.15, -0.1) is 0 Å². The van der Waals surface area contributed by atoms with Gasteiger partial charge in [0.15, 0.2) is 0 Å². The molecule has 2 heterocycles. The lowest BCUT2D eigenvalue weighted by molar-refractivity contribution is -0.139. The van der Waals surface area contributed by atoms with Crippen LogP contribution in [-0.2, 0) is 20.5 Å². The largest absolute Gasteiger partial charge is 0.416 e. The molecule has 0 bridgehead atoms. The number of hydrogen-bond acceptors (Lipinski definition) is 3. The van der Waals surface area contributed by atoms with Gasteiger partial charge in [-0.2, -0.15) is 13.2 Å². The quantitative estimate of drug-likeness (QED) is 0.639. The van der Waals surface area contributed by atoms with Gasteiger partial charge in [0.25, 0.3) is 0 Å². The van der Waals surface area contributed by atoms with Gasteiger partial charge >= 0.3 is 6.18 Å². The van der Waals surface area contributed by atoms with Gasteiger partial charge in [0.2, 0.25) is 5.91 Å². The monoisotopic (exact) mass is 464 g/mol. The lowest BCUT2D eigenvalue weighted by Crippen LogP contribution is -2.53. The maximum atomic E-state index is 13.4. The number of alkyl halides is 3. The summed E-state index contributed by atoms with van der Waals surface area (Å²) in [7, 11) is -2.08. The molecule has 172 valence electrons. The maximum Gasteiger partial charge on any atom is 0.416 e. The highest BCUT2D eigenvalue weighted by Crippen LogP contribution is 2.35. The molecule has 2 aliphatic heterocycles. The van der Waals surface area contributed by atoms with Crippen molar-refractivity contribution >= 4 is 27.0 Å². The van der Waals surface area contributed by atoms with Gasteiger partial charge in [-0.1, -0.05) is 36.4 Å². The molecule has 2 fully saturated rings. The molecule has 0 aliphatic carbocycles. The lowest BCUT2D eigenvalue weighted by atomic mass is 9.96. The molecule has 2 aliphatic rings. The van der Waals surface area contributed by atoms with Crippen LogP contribution in [0.2, 0.25) is 0 Å². The number of amides is 1. The van der Waals surface area contributed by atoms with Crippen molar-refractivity contribution in [2.45, 2.75) is 25.1 Å². The summed E-state index contributed by atoms with van der Waals surface area (Å²) in [5.41, 5.74) is 0.778. The molecule has 1 unspecified atom stereocenters. The third kappa shape index (κ3) is 4.95. The Morgan fingerprint density at radius 1 is 1.00 bits per heavy atom. The van der Waals surface area contributed by atoms with E-state index in [1.54, 1.807) is 6.07 Å². The summed E-state index contributed by atoms with van der Waals surface area (Å²) in [6, 6.07) is 14.7. The topological polar surface area (TPSA) is 40.6 Å². The zero-order valence-corrected chi connectivity index (χ0v) is 18.6. The normalized spacial score (nSPS) is 26.7. The molecule has 4 nitrogen and oxygen atoms in total. The molecule has 1 atom stereocenters. The fourth-order valence-electron chi connectivity index (χ4n) is 4.56. The van der Waals surface area contributed by atoms with Crippen LogP contribution in [0.4, 0.5) is 18.9 Å². The van der Waals surface area contributed by atoms with Gasteiger partial charge < -0.3 is 9.80 Å². The molecule has 0 saturated carbocycles. The molecule has 0 N–H and O–H groups in total. The maximum absolute atomic E-state index is 13.4. The predicted octanol–water partition coefficient (Wildman–Crippen LogP) is 4.22. The second-order valence-electron chi connectivity index (χ2n) is 8.60. The average molecular weight is 465 g/mol. The minimum atomic E-state index is -4.40. The summed E-state index contributed by atoms with van der Waals surface area (Å²) in [4.78, 5) is 17.2. The fourth-order valence-corrected chi connectivity index (χ4v) is 6.19. The van der Waals surface area contributed by atoms with Crippen molar-refractivity contribution in [1.29, 1.82) is 0 Å². The van der Waals surface area contributed by atoms with Crippen LogP contribution in [0.3, 0.4) is 0 Å². The van der Waals surface area contributed by atoms with Gasteiger partial charge in [0.1, 0.15) is 0 Å². The van der Waals surface area contributed by atoms with E-state index in [0.717, 1.165) is 11.6 Å². The zero-order valence-electron chi connectivity index (χ0n) is 17.8. The van der Waals surface area contributed by atoms with E-state index >= 15 is 0 Å². The summed E-state index contributed by atoms with van der Waals surface area (Å²) < 4.78 is 51.8. The first-order valence-corrected chi connectivity index (χ1v) is 12.8. The minimum absolute atomic E-state index is 0.0393. The zero-order chi connectivity index (χ0) is 22.9. The summed E-state index contributed by atoms with van der Waals surface area (Å²) in [5, 5.41) is 0. The van der Waals surface area contributed by atoms with Crippen LogP contribution < -0.4 is 4.90 Å². The van der Waals surface area contributed by atoms with E-state index in [1.807, 2.05) is 40.1 Å². The number of carbonyl (C=O) groups is 1. The SMILES string of the molecule is C=S1(=O)CCC(C(=O)N2CCN(c3cccc(C(F)(F)F)c3)CC2c2ccccc2)CC1. The first-order valence-electron chi connectivity index (χ1n) is 10.7. The highest BCUT2D eigenvalue weighted by Gasteiger charge is 2.37. The van der Waals surface area contributed by atoms with E-state index in [2.05, 4.69) is 5.87 Å². The Morgan fingerprint density at radius 2 is 1.69 bits per heavy atom. The second kappa shape index (κ2) is 8.81. The van der Waals surface area contributed by atoms with E-state index in [-0.39, 0.29) is 17.9 Å². The third-order valence-electron chi connectivity index (χ3n) is 6.41. The number of anilines is 1. The van der Waals surface area contributed by atoms with Crippen LogP contribution in [0.1, 0.15) is 30.0 Å². The Labute approximate surface area is 187 Å². The highest BCUT2D eigenvalue weighted by atomic mass is 32.2. The molecule has 32 heavy (non-hydrogen) atoms. The van der Waals surface area contributed by atoms with Crippen molar-refractivity contribution in [2.75, 3.05) is 36.0 Å². The first kappa shape index (κ1) is 22.7. The second-order valence-corrected chi connectivity index (χ2v) is 11.3. The molecule has 8 heteroatoms. The summed E-state index contributed by atoms with van der Waals surface area (Å²) in [6.07, 6.45) is -3.27.